The SMILES string of the molecule is O=C(CSc1ccccc1F)Nc1ccccc1Oc1ccccc1. The van der Waals surface area contributed by atoms with E-state index in [1.54, 1.807) is 30.3 Å². The minimum atomic E-state index is -0.326. The van der Waals surface area contributed by atoms with Crippen LogP contribution in [0.1, 0.15) is 0 Å². The van der Waals surface area contributed by atoms with Gasteiger partial charge in [0, 0.05) is 4.90 Å². The summed E-state index contributed by atoms with van der Waals surface area (Å²) < 4.78 is 19.4. The van der Waals surface area contributed by atoms with Crippen LogP contribution in [0.5, 0.6) is 11.5 Å². The van der Waals surface area contributed by atoms with Gasteiger partial charge in [-0.1, -0.05) is 42.5 Å². The summed E-state index contributed by atoms with van der Waals surface area (Å²) in [5.74, 6) is 0.800. The molecule has 126 valence electrons. The Morgan fingerprint density at radius 2 is 1.60 bits per heavy atom. The largest absolute Gasteiger partial charge is 0.455 e. The van der Waals surface area contributed by atoms with Crippen molar-refractivity contribution in [2.24, 2.45) is 0 Å². The summed E-state index contributed by atoms with van der Waals surface area (Å²) in [4.78, 5) is 12.6. The Labute approximate surface area is 149 Å². The second kappa shape index (κ2) is 8.35. The first kappa shape index (κ1) is 17.0. The Morgan fingerprint density at radius 1 is 0.920 bits per heavy atom. The normalized spacial score (nSPS) is 10.3. The molecule has 3 aromatic rings. The van der Waals surface area contributed by atoms with Crippen LogP contribution in [0.25, 0.3) is 0 Å². The molecule has 5 heteroatoms. The van der Waals surface area contributed by atoms with Crippen molar-refractivity contribution in [1.29, 1.82) is 0 Å². The van der Waals surface area contributed by atoms with E-state index in [2.05, 4.69) is 5.32 Å². The van der Waals surface area contributed by atoms with Crippen LogP contribution in [0.15, 0.2) is 83.8 Å². The van der Waals surface area contributed by atoms with E-state index in [1.807, 2.05) is 42.5 Å². The highest BCUT2D eigenvalue weighted by atomic mass is 32.2. The van der Waals surface area contributed by atoms with Gasteiger partial charge in [0.2, 0.25) is 5.91 Å². The molecule has 0 aliphatic heterocycles. The van der Waals surface area contributed by atoms with Crippen LogP contribution < -0.4 is 10.1 Å². The number of carbonyl (C=O) groups excluding carboxylic acids is 1. The maximum atomic E-state index is 13.6. The number of nitrogens with one attached hydrogen (secondary N) is 1. The molecule has 0 atom stereocenters. The maximum absolute atomic E-state index is 13.6. The Bertz CT molecular complexity index is 855. The van der Waals surface area contributed by atoms with Gasteiger partial charge in [-0.25, -0.2) is 4.39 Å². The topological polar surface area (TPSA) is 38.3 Å². The lowest BCUT2D eigenvalue weighted by molar-refractivity contribution is -0.113. The van der Waals surface area contributed by atoms with Crippen LogP contribution in [0, 0.1) is 5.82 Å². The number of para-hydroxylation sites is 3. The Kier molecular flexibility index (Phi) is 5.69. The molecule has 1 amide bonds. The van der Waals surface area contributed by atoms with Gasteiger partial charge in [0.05, 0.1) is 11.4 Å². The molecule has 0 bridgehead atoms. The van der Waals surface area contributed by atoms with Crippen LogP contribution >= 0.6 is 11.8 Å². The van der Waals surface area contributed by atoms with E-state index < -0.39 is 0 Å². The zero-order valence-electron chi connectivity index (χ0n) is 13.3. The molecule has 0 fully saturated rings. The van der Waals surface area contributed by atoms with E-state index in [4.69, 9.17) is 4.74 Å². The summed E-state index contributed by atoms with van der Waals surface area (Å²) in [5.41, 5.74) is 0.575. The first-order chi connectivity index (χ1) is 12.2. The molecule has 0 saturated carbocycles. The van der Waals surface area contributed by atoms with Crippen LogP contribution in [-0.4, -0.2) is 11.7 Å². The van der Waals surface area contributed by atoms with Gasteiger partial charge in [-0.05, 0) is 36.4 Å². The third kappa shape index (κ3) is 4.84. The molecular weight excluding hydrogens is 337 g/mol. The lowest BCUT2D eigenvalue weighted by Gasteiger charge is -2.12. The zero-order valence-corrected chi connectivity index (χ0v) is 14.1. The summed E-state index contributed by atoms with van der Waals surface area (Å²) in [6.07, 6.45) is 0. The summed E-state index contributed by atoms with van der Waals surface area (Å²) >= 11 is 1.16. The monoisotopic (exact) mass is 353 g/mol. The number of hydrogen-bond donors (Lipinski definition) is 1. The Morgan fingerprint density at radius 3 is 2.40 bits per heavy atom. The predicted molar refractivity (Wildman–Crippen MR) is 98.7 cm³/mol. The minimum Gasteiger partial charge on any atom is -0.455 e. The molecule has 0 spiro atoms. The molecule has 3 nitrogen and oxygen atoms in total. The van der Waals surface area contributed by atoms with Gasteiger partial charge in [-0.15, -0.1) is 11.8 Å². The van der Waals surface area contributed by atoms with Crippen molar-refractivity contribution < 1.29 is 13.9 Å². The number of anilines is 1. The Hall–Kier alpha value is -2.79. The number of rotatable bonds is 6. The van der Waals surface area contributed by atoms with Gasteiger partial charge < -0.3 is 10.1 Å². The standard InChI is InChI=1S/C20H16FNO2S/c21-16-10-4-7-13-19(16)25-14-20(23)22-17-11-5-6-12-18(17)24-15-8-2-1-3-9-15/h1-13H,14H2,(H,22,23). The fourth-order valence-corrected chi connectivity index (χ4v) is 2.91. The molecular formula is C20H16FNO2S. The van der Waals surface area contributed by atoms with Gasteiger partial charge in [0.25, 0.3) is 0 Å². The highest BCUT2D eigenvalue weighted by Crippen LogP contribution is 2.29. The van der Waals surface area contributed by atoms with Crippen LogP contribution in [0.2, 0.25) is 0 Å². The third-order valence-electron chi connectivity index (χ3n) is 3.33. The average Bonchev–Trinajstić information content (AvgIpc) is 2.64. The third-order valence-corrected chi connectivity index (χ3v) is 4.38. The van der Waals surface area contributed by atoms with Crippen LogP contribution in [0.3, 0.4) is 0 Å². The van der Waals surface area contributed by atoms with E-state index in [1.165, 1.54) is 6.07 Å². The summed E-state index contributed by atoms with van der Waals surface area (Å²) in [6.45, 7) is 0. The van der Waals surface area contributed by atoms with E-state index in [0.29, 0.717) is 22.1 Å². The minimum absolute atomic E-state index is 0.112. The number of benzene rings is 3. The number of amides is 1. The molecule has 0 heterocycles. The Balaban J connectivity index is 1.64. The quantitative estimate of drug-likeness (QED) is 0.607. The second-order valence-corrected chi connectivity index (χ2v) is 6.20. The van der Waals surface area contributed by atoms with Gasteiger partial charge in [0.1, 0.15) is 11.6 Å². The first-order valence-corrected chi connectivity index (χ1v) is 8.70. The molecule has 0 radical (unpaired) electrons. The molecule has 1 N–H and O–H groups in total. The van der Waals surface area contributed by atoms with Gasteiger partial charge in [0.15, 0.2) is 5.75 Å². The van der Waals surface area contributed by atoms with Gasteiger partial charge in [-0.3, -0.25) is 4.79 Å². The number of ether oxygens (including phenoxy) is 1. The smallest absolute Gasteiger partial charge is 0.234 e. The number of halogens is 1. The van der Waals surface area contributed by atoms with Crippen molar-refractivity contribution >= 4 is 23.4 Å². The van der Waals surface area contributed by atoms with E-state index in [-0.39, 0.29) is 17.5 Å². The van der Waals surface area contributed by atoms with Crippen molar-refractivity contribution in [3.8, 4) is 11.5 Å². The lowest BCUT2D eigenvalue weighted by Crippen LogP contribution is -2.14. The van der Waals surface area contributed by atoms with E-state index >= 15 is 0 Å². The van der Waals surface area contributed by atoms with Gasteiger partial charge >= 0.3 is 0 Å². The first-order valence-electron chi connectivity index (χ1n) is 7.71. The molecule has 0 aromatic heterocycles. The lowest BCUT2D eigenvalue weighted by atomic mass is 10.3. The molecule has 0 aliphatic carbocycles. The molecule has 0 aliphatic rings. The second-order valence-electron chi connectivity index (χ2n) is 5.18. The van der Waals surface area contributed by atoms with Crippen molar-refractivity contribution in [1.82, 2.24) is 0 Å². The molecule has 0 saturated heterocycles. The highest BCUT2D eigenvalue weighted by molar-refractivity contribution is 8.00. The van der Waals surface area contributed by atoms with E-state index in [0.717, 1.165) is 11.8 Å². The fraction of sp³-hybridized carbons (Fsp3) is 0.0500. The van der Waals surface area contributed by atoms with Crippen molar-refractivity contribution in [2.45, 2.75) is 4.90 Å². The molecule has 3 aromatic carbocycles. The van der Waals surface area contributed by atoms with Crippen LogP contribution in [-0.2, 0) is 4.79 Å². The molecule has 25 heavy (non-hydrogen) atoms. The fourth-order valence-electron chi connectivity index (χ4n) is 2.17. The summed E-state index contributed by atoms with van der Waals surface area (Å²) in [7, 11) is 0. The van der Waals surface area contributed by atoms with Gasteiger partial charge in [-0.2, -0.15) is 0 Å². The number of hydrogen-bond acceptors (Lipinski definition) is 3. The summed E-state index contributed by atoms with van der Waals surface area (Å²) in [5, 5.41) is 2.81. The van der Waals surface area contributed by atoms with Crippen molar-refractivity contribution in [2.75, 3.05) is 11.1 Å². The number of carbonyl (C=O) groups is 1. The van der Waals surface area contributed by atoms with Crippen molar-refractivity contribution in [3.05, 3.63) is 84.7 Å². The molecule has 0 unspecified atom stereocenters. The number of thioether (sulfide) groups is 1. The summed E-state index contributed by atoms with van der Waals surface area (Å²) in [6, 6.07) is 22.9. The average molecular weight is 353 g/mol. The highest BCUT2D eigenvalue weighted by Gasteiger charge is 2.10. The van der Waals surface area contributed by atoms with E-state index in [9.17, 15) is 9.18 Å². The zero-order chi connectivity index (χ0) is 17.5. The maximum Gasteiger partial charge on any atom is 0.234 e. The molecule has 3 rings (SSSR count). The predicted octanol–water partition coefficient (Wildman–Crippen LogP) is 5.35. The van der Waals surface area contributed by atoms with Crippen molar-refractivity contribution in [3.63, 3.8) is 0 Å². The van der Waals surface area contributed by atoms with Crippen LogP contribution in [0.4, 0.5) is 10.1 Å².